The topological polar surface area (TPSA) is 20.2 Å². The first-order valence-electron chi connectivity index (χ1n) is 9.81. The van der Waals surface area contributed by atoms with Crippen LogP contribution in [0.2, 0.25) is 0 Å². The van der Waals surface area contributed by atoms with E-state index in [2.05, 4.69) is 39.8 Å². The highest BCUT2D eigenvalue weighted by atomic mass is 16.3. The van der Waals surface area contributed by atoms with Crippen LogP contribution in [0.1, 0.15) is 84.0 Å². The first-order chi connectivity index (χ1) is 11.0. The van der Waals surface area contributed by atoms with Gasteiger partial charge in [0.05, 0.1) is 20.6 Å². The Morgan fingerprint density at radius 1 is 0.826 bits per heavy atom. The Hall–Kier alpha value is -0.760. The molecule has 0 bridgehead atoms. The van der Waals surface area contributed by atoms with Crippen molar-refractivity contribution in [2.75, 3.05) is 27.2 Å². The highest BCUT2D eigenvalue weighted by molar-refractivity contribution is 4.81. The van der Waals surface area contributed by atoms with Crippen molar-refractivity contribution in [2.45, 2.75) is 84.0 Å². The van der Waals surface area contributed by atoms with E-state index in [1.807, 2.05) is 0 Å². The number of aliphatic hydroxyl groups is 1. The van der Waals surface area contributed by atoms with Crippen molar-refractivity contribution >= 4 is 0 Å². The molecule has 0 unspecified atom stereocenters. The molecule has 23 heavy (non-hydrogen) atoms. The minimum atomic E-state index is 0.299. The van der Waals surface area contributed by atoms with E-state index in [-0.39, 0.29) is 0 Å². The van der Waals surface area contributed by atoms with Crippen LogP contribution in [0.5, 0.6) is 0 Å². The molecule has 0 fully saturated rings. The number of hydrogen-bond donors (Lipinski definition) is 1. The fourth-order valence-electron chi connectivity index (χ4n) is 3.01. The third-order valence-electron chi connectivity index (χ3n) is 4.39. The second-order valence-electron chi connectivity index (χ2n) is 7.61. The third kappa shape index (κ3) is 17.4. The molecule has 0 aliphatic heterocycles. The first-order valence-corrected chi connectivity index (χ1v) is 9.81. The van der Waals surface area contributed by atoms with Gasteiger partial charge in [0.2, 0.25) is 0 Å². The molecule has 0 rings (SSSR count). The molecular weight excluding hydrogens is 282 g/mol. The fourth-order valence-corrected chi connectivity index (χ4v) is 3.01. The summed E-state index contributed by atoms with van der Waals surface area (Å²) in [5.74, 6) is 0.299. The molecule has 0 aromatic rings. The van der Waals surface area contributed by atoms with Crippen LogP contribution in [0.4, 0.5) is 0 Å². The summed E-state index contributed by atoms with van der Waals surface area (Å²) < 4.78 is 0.846. The molecule has 2 nitrogen and oxygen atoms in total. The number of nitrogens with zero attached hydrogens (tertiary/aromatic N) is 1. The van der Waals surface area contributed by atoms with E-state index >= 15 is 0 Å². The van der Waals surface area contributed by atoms with Gasteiger partial charge in [-0.2, -0.15) is 0 Å². The van der Waals surface area contributed by atoms with Crippen LogP contribution in [0.25, 0.3) is 0 Å². The predicted molar refractivity (Wildman–Crippen MR) is 104 cm³/mol. The molecule has 0 heterocycles. The molecule has 0 aliphatic carbocycles. The van der Waals surface area contributed by atoms with E-state index in [1.54, 1.807) is 0 Å². The zero-order valence-electron chi connectivity index (χ0n) is 16.2. The highest BCUT2D eigenvalue weighted by Gasteiger charge is 2.15. The first kappa shape index (κ1) is 22.2. The third-order valence-corrected chi connectivity index (χ3v) is 4.39. The Morgan fingerprint density at radius 2 is 1.30 bits per heavy atom. The lowest BCUT2D eigenvalue weighted by Crippen LogP contribution is -2.41. The van der Waals surface area contributed by atoms with Crippen molar-refractivity contribution in [3.63, 3.8) is 0 Å². The number of hydrogen-bond acceptors (Lipinski definition) is 1. The van der Waals surface area contributed by atoms with Crippen LogP contribution in [0, 0.1) is 0 Å². The molecular formula is C21H42NO+. The lowest BCUT2D eigenvalue weighted by molar-refractivity contribution is -0.887. The van der Waals surface area contributed by atoms with Crippen LogP contribution >= 0.6 is 0 Å². The largest absolute Gasteiger partial charge is 0.507 e. The van der Waals surface area contributed by atoms with E-state index in [9.17, 15) is 5.11 Å². The van der Waals surface area contributed by atoms with Gasteiger partial charge in [0.25, 0.3) is 0 Å². The molecule has 0 saturated heterocycles. The summed E-state index contributed by atoms with van der Waals surface area (Å²) in [6.07, 6.45) is 20.8. The Kier molecular flexibility index (Phi) is 14.3. The van der Waals surface area contributed by atoms with Crippen LogP contribution in [0.3, 0.4) is 0 Å². The number of quaternary nitrogens is 1. The Morgan fingerprint density at radius 3 is 1.83 bits per heavy atom. The molecule has 0 spiro atoms. The van der Waals surface area contributed by atoms with E-state index in [4.69, 9.17) is 0 Å². The minimum Gasteiger partial charge on any atom is -0.507 e. The zero-order chi connectivity index (χ0) is 17.4. The van der Waals surface area contributed by atoms with Crippen LogP contribution < -0.4 is 0 Å². The molecule has 0 saturated carbocycles. The van der Waals surface area contributed by atoms with Gasteiger partial charge >= 0.3 is 0 Å². The highest BCUT2D eigenvalue weighted by Crippen LogP contribution is 2.11. The minimum absolute atomic E-state index is 0.299. The van der Waals surface area contributed by atoms with Crippen molar-refractivity contribution in [3.05, 3.63) is 24.5 Å². The SMILES string of the molecule is C=C(O)C[N+](C)(C)CCCCCCCC/C=C/CCCCCC. The summed E-state index contributed by atoms with van der Waals surface area (Å²) in [4.78, 5) is 0. The maximum absolute atomic E-state index is 9.29. The van der Waals surface area contributed by atoms with Crippen molar-refractivity contribution in [3.8, 4) is 0 Å². The van der Waals surface area contributed by atoms with E-state index in [0.717, 1.165) is 11.0 Å². The van der Waals surface area contributed by atoms with Crippen LogP contribution in [-0.4, -0.2) is 36.8 Å². The zero-order valence-corrected chi connectivity index (χ0v) is 16.2. The van der Waals surface area contributed by atoms with E-state index in [0.29, 0.717) is 12.3 Å². The molecule has 0 aromatic carbocycles. The van der Waals surface area contributed by atoms with Gasteiger partial charge in [-0.15, -0.1) is 0 Å². The van der Waals surface area contributed by atoms with Gasteiger partial charge in [0, 0.05) is 0 Å². The van der Waals surface area contributed by atoms with Crippen molar-refractivity contribution in [1.82, 2.24) is 0 Å². The van der Waals surface area contributed by atoms with Crippen LogP contribution in [-0.2, 0) is 0 Å². The predicted octanol–water partition coefficient (Wildman–Crippen LogP) is 6.39. The molecule has 0 amide bonds. The summed E-state index contributed by atoms with van der Waals surface area (Å²) in [5, 5.41) is 9.29. The van der Waals surface area contributed by atoms with E-state index < -0.39 is 0 Å². The monoisotopic (exact) mass is 324 g/mol. The number of rotatable bonds is 16. The summed E-state index contributed by atoms with van der Waals surface area (Å²) in [6.45, 7) is 7.66. The quantitative estimate of drug-likeness (QED) is 0.151. The second kappa shape index (κ2) is 14.8. The molecule has 0 aromatic heterocycles. The molecule has 2 heteroatoms. The number of likely N-dealkylation sites (N-methyl/N-ethyl adjacent to an activating group) is 1. The summed E-state index contributed by atoms with van der Waals surface area (Å²) in [5.41, 5.74) is 0. The van der Waals surface area contributed by atoms with Gasteiger partial charge < -0.3 is 9.59 Å². The Balaban J connectivity index is 3.30. The fraction of sp³-hybridized carbons (Fsp3) is 0.810. The maximum atomic E-state index is 9.29. The summed E-state index contributed by atoms with van der Waals surface area (Å²) in [7, 11) is 4.33. The number of allylic oxidation sites excluding steroid dienone is 2. The lowest BCUT2D eigenvalue weighted by atomic mass is 10.1. The number of unbranched alkanes of at least 4 members (excludes halogenated alkanes) is 10. The lowest BCUT2D eigenvalue weighted by Gasteiger charge is -2.29. The van der Waals surface area contributed by atoms with Gasteiger partial charge in [0.15, 0.2) is 0 Å². The van der Waals surface area contributed by atoms with Gasteiger partial charge in [-0.05, 0) is 38.5 Å². The normalized spacial score (nSPS) is 12.1. The second-order valence-corrected chi connectivity index (χ2v) is 7.61. The van der Waals surface area contributed by atoms with Gasteiger partial charge in [-0.25, -0.2) is 0 Å². The Bertz CT molecular complexity index is 307. The van der Waals surface area contributed by atoms with Gasteiger partial charge in [-0.3, -0.25) is 0 Å². The average Bonchev–Trinajstić information content (AvgIpc) is 2.46. The van der Waals surface area contributed by atoms with Crippen LogP contribution in [0.15, 0.2) is 24.5 Å². The average molecular weight is 325 g/mol. The van der Waals surface area contributed by atoms with Crippen molar-refractivity contribution < 1.29 is 9.59 Å². The number of aliphatic hydroxyl groups excluding tert-OH is 1. The van der Waals surface area contributed by atoms with E-state index in [1.165, 1.54) is 77.0 Å². The van der Waals surface area contributed by atoms with Gasteiger partial charge in [0.1, 0.15) is 12.3 Å². The smallest absolute Gasteiger partial charge is 0.139 e. The molecule has 136 valence electrons. The molecule has 0 radical (unpaired) electrons. The standard InChI is InChI=1S/C21H41NO/c1-5-6-7-8-9-10-11-12-13-14-15-16-17-18-19-22(3,4)20-21(2)23/h10-11H,2,5-9,12-20H2,1,3-4H3/p+1/b11-10+. The van der Waals surface area contributed by atoms with Gasteiger partial charge in [-0.1, -0.05) is 64.2 Å². The molecule has 0 atom stereocenters. The Labute approximate surface area is 145 Å². The molecule has 1 N–H and O–H groups in total. The summed E-state index contributed by atoms with van der Waals surface area (Å²) >= 11 is 0. The van der Waals surface area contributed by atoms with Crippen molar-refractivity contribution in [1.29, 1.82) is 0 Å². The summed E-state index contributed by atoms with van der Waals surface area (Å²) in [6, 6.07) is 0. The van der Waals surface area contributed by atoms with Crippen molar-refractivity contribution in [2.24, 2.45) is 0 Å². The maximum Gasteiger partial charge on any atom is 0.139 e. The molecule has 0 aliphatic rings.